The fourth-order valence-corrected chi connectivity index (χ4v) is 2.41. The van der Waals surface area contributed by atoms with Crippen LogP contribution in [-0.4, -0.2) is 17.0 Å². The van der Waals surface area contributed by atoms with Crippen LogP contribution in [0.5, 0.6) is 0 Å². The first kappa shape index (κ1) is 10.7. The molecular weight excluding hydrogens is 164 g/mol. The van der Waals surface area contributed by atoms with Gasteiger partial charge in [-0.2, -0.15) is 0 Å². The third-order valence-corrected chi connectivity index (χ3v) is 3.39. The SMILES string of the molecule is CC(=O)C[C@@H]1[C@H](C[C@H](C)O)C1(C)C. The van der Waals surface area contributed by atoms with Gasteiger partial charge in [-0.15, -0.1) is 0 Å². The van der Waals surface area contributed by atoms with Gasteiger partial charge >= 0.3 is 0 Å². The Morgan fingerprint density at radius 3 is 2.38 bits per heavy atom. The molecule has 76 valence electrons. The van der Waals surface area contributed by atoms with Gasteiger partial charge in [0, 0.05) is 6.42 Å². The Bertz CT molecular complexity index is 206. The van der Waals surface area contributed by atoms with E-state index in [4.69, 9.17) is 0 Å². The van der Waals surface area contributed by atoms with Crippen LogP contribution < -0.4 is 0 Å². The Labute approximate surface area is 80.3 Å². The molecule has 0 aromatic rings. The average Bonchev–Trinajstić information content (AvgIpc) is 2.36. The van der Waals surface area contributed by atoms with Gasteiger partial charge < -0.3 is 9.90 Å². The first-order chi connectivity index (χ1) is 5.85. The number of aliphatic hydroxyl groups is 1. The van der Waals surface area contributed by atoms with E-state index in [1.54, 1.807) is 6.92 Å². The van der Waals surface area contributed by atoms with Gasteiger partial charge in [0.05, 0.1) is 6.10 Å². The van der Waals surface area contributed by atoms with Crippen molar-refractivity contribution in [3.8, 4) is 0 Å². The zero-order valence-corrected chi connectivity index (χ0v) is 9.00. The fraction of sp³-hybridized carbons (Fsp3) is 0.909. The van der Waals surface area contributed by atoms with Crippen LogP contribution in [0.2, 0.25) is 0 Å². The molecule has 1 N–H and O–H groups in total. The van der Waals surface area contributed by atoms with Crippen LogP contribution in [0.4, 0.5) is 0 Å². The first-order valence-electron chi connectivity index (χ1n) is 5.03. The van der Waals surface area contributed by atoms with E-state index in [-0.39, 0.29) is 17.3 Å². The van der Waals surface area contributed by atoms with Gasteiger partial charge in [0.15, 0.2) is 0 Å². The maximum atomic E-state index is 11.0. The normalized spacial score (nSPS) is 32.7. The molecule has 3 atom stereocenters. The molecule has 1 aliphatic rings. The summed E-state index contributed by atoms with van der Waals surface area (Å²) in [7, 11) is 0. The van der Waals surface area contributed by atoms with E-state index >= 15 is 0 Å². The summed E-state index contributed by atoms with van der Waals surface area (Å²) in [6.07, 6.45) is 1.29. The quantitative estimate of drug-likeness (QED) is 0.725. The smallest absolute Gasteiger partial charge is 0.130 e. The topological polar surface area (TPSA) is 37.3 Å². The van der Waals surface area contributed by atoms with Crippen molar-refractivity contribution in [3.05, 3.63) is 0 Å². The van der Waals surface area contributed by atoms with E-state index < -0.39 is 0 Å². The molecule has 1 saturated carbocycles. The summed E-state index contributed by atoms with van der Waals surface area (Å²) in [6.45, 7) is 7.84. The third-order valence-electron chi connectivity index (χ3n) is 3.39. The monoisotopic (exact) mass is 184 g/mol. The number of hydrogen-bond donors (Lipinski definition) is 1. The molecule has 13 heavy (non-hydrogen) atoms. The number of aliphatic hydroxyl groups excluding tert-OH is 1. The van der Waals surface area contributed by atoms with Gasteiger partial charge in [0.25, 0.3) is 0 Å². The molecule has 0 aromatic heterocycles. The second kappa shape index (κ2) is 3.41. The van der Waals surface area contributed by atoms with E-state index in [1.807, 2.05) is 6.92 Å². The first-order valence-corrected chi connectivity index (χ1v) is 5.03. The number of ketones is 1. The summed E-state index contributed by atoms with van der Waals surface area (Å²) in [5, 5.41) is 9.26. The predicted molar refractivity (Wildman–Crippen MR) is 52.4 cm³/mol. The molecule has 0 unspecified atom stereocenters. The summed E-state index contributed by atoms with van der Waals surface area (Å²) in [4.78, 5) is 11.0. The highest BCUT2D eigenvalue weighted by Gasteiger charge is 2.57. The lowest BCUT2D eigenvalue weighted by Crippen LogP contribution is -2.03. The maximum Gasteiger partial charge on any atom is 0.130 e. The van der Waals surface area contributed by atoms with Crippen molar-refractivity contribution in [3.63, 3.8) is 0 Å². The minimum Gasteiger partial charge on any atom is -0.393 e. The standard InChI is InChI=1S/C11H20O2/c1-7(12)5-9-10(6-8(2)13)11(9,3)4/h7,9-10,12H,5-6H2,1-4H3/t7-,9-,10+/m0/s1. The Morgan fingerprint density at radius 1 is 1.46 bits per heavy atom. The van der Waals surface area contributed by atoms with Crippen LogP contribution in [-0.2, 0) is 4.79 Å². The van der Waals surface area contributed by atoms with Crippen LogP contribution in [0.3, 0.4) is 0 Å². The highest BCUT2D eigenvalue weighted by molar-refractivity contribution is 5.76. The summed E-state index contributed by atoms with van der Waals surface area (Å²) < 4.78 is 0. The largest absolute Gasteiger partial charge is 0.393 e. The Balaban J connectivity index is 2.46. The van der Waals surface area contributed by atoms with Gasteiger partial charge in [0.1, 0.15) is 5.78 Å². The fourth-order valence-electron chi connectivity index (χ4n) is 2.41. The van der Waals surface area contributed by atoms with E-state index in [1.165, 1.54) is 0 Å². The molecule has 0 saturated heterocycles. The van der Waals surface area contributed by atoms with Crippen molar-refractivity contribution in [1.82, 2.24) is 0 Å². The van der Waals surface area contributed by atoms with Gasteiger partial charge in [-0.3, -0.25) is 0 Å². The number of Topliss-reactive ketones (excluding diaryl/α,β-unsaturated/α-hetero) is 1. The van der Waals surface area contributed by atoms with E-state index in [2.05, 4.69) is 13.8 Å². The minimum atomic E-state index is -0.235. The minimum absolute atomic E-state index is 0.235. The van der Waals surface area contributed by atoms with Gasteiger partial charge in [-0.25, -0.2) is 0 Å². The van der Waals surface area contributed by atoms with Crippen molar-refractivity contribution in [2.24, 2.45) is 17.3 Å². The van der Waals surface area contributed by atoms with Gasteiger partial charge in [-0.05, 0) is 37.5 Å². The van der Waals surface area contributed by atoms with Crippen molar-refractivity contribution in [2.45, 2.75) is 46.6 Å². The molecule has 0 aromatic carbocycles. The van der Waals surface area contributed by atoms with Crippen LogP contribution in [0.1, 0.15) is 40.5 Å². The molecule has 2 nitrogen and oxygen atoms in total. The lowest BCUT2D eigenvalue weighted by molar-refractivity contribution is -0.117. The second-order valence-electron chi connectivity index (χ2n) is 5.03. The zero-order chi connectivity index (χ0) is 10.2. The van der Waals surface area contributed by atoms with Crippen molar-refractivity contribution in [1.29, 1.82) is 0 Å². The predicted octanol–water partition coefficient (Wildman–Crippen LogP) is 2.01. The van der Waals surface area contributed by atoms with Crippen molar-refractivity contribution >= 4 is 5.78 Å². The van der Waals surface area contributed by atoms with E-state index in [0.29, 0.717) is 18.3 Å². The lowest BCUT2D eigenvalue weighted by atomic mass is 10.1. The van der Waals surface area contributed by atoms with Gasteiger partial charge in [0.2, 0.25) is 0 Å². The molecular formula is C11H20O2. The number of hydrogen-bond acceptors (Lipinski definition) is 2. The molecule has 0 aliphatic heterocycles. The van der Waals surface area contributed by atoms with Crippen LogP contribution in [0.25, 0.3) is 0 Å². The van der Waals surface area contributed by atoms with Gasteiger partial charge in [-0.1, -0.05) is 13.8 Å². The van der Waals surface area contributed by atoms with Crippen LogP contribution in [0.15, 0.2) is 0 Å². The maximum absolute atomic E-state index is 11.0. The van der Waals surface area contributed by atoms with Crippen molar-refractivity contribution in [2.75, 3.05) is 0 Å². The Morgan fingerprint density at radius 2 is 2.00 bits per heavy atom. The molecule has 0 spiro atoms. The Hall–Kier alpha value is -0.370. The molecule has 1 rings (SSSR count). The molecule has 0 bridgehead atoms. The summed E-state index contributed by atoms with van der Waals surface area (Å²) in [5.41, 5.74) is 0.267. The number of rotatable bonds is 4. The number of carbonyl (C=O) groups is 1. The molecule has 2 heteroatoms. The highest BCUT2D eigenvalue weighted by atomic mass is 16.3. The third kappa shape index (κ3) is 2.31. The summed E-state index contributed by atoms with van der Waals surface area (Å²) in [6, 6.07) is 0. The van der Waals surface area contributed by atoms with Crippen LogP contribution >= 0.6 is 0 Å². The lowest BCUT2D eigenvalue weighted by Gasteiger charge is -2.04. The molecule has 1 aliphatic carbocycles. The Kier molecular flexibility index (Phi) is 2.81. The van der Waals surface area contributed by atoms with Crippen molar-refractivity contribution < 1.29 is 9.90 Å². The molecule has 0 amide bonds. The van der Waals surface area contributed by atoms with E-state index in [0.717, 1.165) is 6.42 Å². The molecule has 1 fully saturated rings. The summed E-state index contributed by atoms with van der Waals surface area (Å²) in [5.74, 6) is 1.31. The van der Waals surface area contributed by atoms with E-state index in [9.17, 15) is 9.90 Å². The molecule has 0 heterocycles. The summed E-state index contributed by atoms with van der Waals surface area (Å²) >= 11 is 0. The number of carbonyl (C=O) groups excluding carboxylic acids is 1. The molecule has 0 radical (unpaired) electrons. The van der Waals surface area contributed by atoms with Crippen LogP contribution in [0, 0.1) is 17.3 Å². The highest BCUT2D eigenvalue weighted by Crippen LogP contribution is 2.61. The second-order valence-corrected chi connectivity index (χ2v) is 5.03. The average molecular weight is 184 g/mol. The zero-order valence-electron chi connectivity index (χ0n) is 9.00.